The van der Waals surface area contributed by atoms with Gasteiger partial charge in [0.25, 0.3) is 10.0 Å². The summed E-state index contributed by atoms with van der Waals surface area (Å²) in [5.41, 5.74) is 0.505. The zero-order valence-corrected chi connectivity index (χ0v) is 11.2. The van der Waals surface area contributed by atoms with Crippen LogP contribution in [0.1, 0.15) is 11.5 Å². The lowest BCUT2D eigenvalue weighted by Gasteiger charge is -2.04. The maximum absolute atomic E-state index is 12.0. The predicted octanol–water partition coefficient (Wildman–Crippen LogP) is 0.806. The Labute approximate surface area is 114 Å². The number of aryl methyl sites for hydroxylation is 1. The lowest BCUT2D eigenvalue weighted by molar-refractivity contribution is -0.136. The van der Waals surface area contributed by atoms with E-state index in [0.29, 0.717) is 5.56 Å². The molecule has 0 radical (unpaired) electrons. The van der Waals surface area contributed by atoms with Crippen molar-refractivity contribution < 1.29 is 22.7 Å². The highest BCUT2D eigenvalue weighted by molar-refractivity contribution is 7.92. The summed E-state index contributed by atoms with van der Waals surface area (Å²) in [5.74, 6) is -0.750. The summed E-state index contributed by atoms with van der Waals surface area (Å²) in [7, 11) is -3.84. The van der Waals surface area contributed by atoms with Gasteiger partial charge in [-0.15, -0.1) is 5.10 Å². The second kappa shape index (κ2) is 5.29. The van der Waals surface area contributed by atoms with E-state index in [9.17, 15) is 13.2 Å². The summed E-state index contributed by atoms with van der Waals surface area (Å²) in [4.78, 5) is 10.5. The fourth-order valence-corrected chi connectivity index (χ4v) is 2.40. The Kier molecular flexibility index (Phi) is 3.70. The van der Waals surface area contributed by atoms with Crippen LogP contribution in [0.15, 0.2) is 33.6 Å². The monoisotopic (exact) mass is 297 g/mol. The van der Waals surface area contributed by atoms with Crippen molar-refractivity contribution in [2.75, 3.05) is 4.72 Å². The van der Waals surface area contributed by atoms with Crippen LogP contribution in [0, 0.1) is 6.92 Å². The van der Waals surface area contributed by atoms with Gasteiger partial charge >= 0.3 is 12.0 Å². The third-order valence-corrected chi connectivity index (χ3v) is 3.67. The van der Waals surface area contributed by atoms with Crippen molar-refractivity contribution in [3.63, 3.8) is 0 Å². The van der Waals surface area contributed by atoms with E-state index in [2.05, 4.69) is 14.9 Å². The van der Waals surface area contributed by atoms with Gasteiger partial charge in [-0.2, -0.15) is 0 Å². The molecule has 0 saturated carbocycles. The van der Waals surface area contributed by atoms with Gasteiger partial charge in [0.15, 0.2) is 0 Å². The van der Waals surface area contributed by atoms with Crippen LogP contribution in [-0.4, -0.2) is 29.7 Å². The first-order chi connectivity index (χ1) is 9.37. The van der Waals surface area contributed by atoms with Crippen molar-refractivity contribution in [1.82, 2.24) is 10.2 Å². The summed E-state index contributed by atoms with van der Waals surface area (Å²) < 4.78 is 31.0. The third-order valence-electron chi connectivity index (χ3n) is 2.34. The molecule has 0 unspecified atom stereocenters. The minimum absolute atomic E-state index is 0.0255. The second-order valence-electron chi connectivity index (χ2n) is 3.95. The second-order valence-corrected chi connectivity index (χ2v) is 5.63. The Balaban J connectivity index is 2.19. The number of hydrogen-bond donors (Lipinski definition) is 2. The first-order valence-corrected chi connectivity index (χ1v) is 6.99. The molecule has 20 heavy (non-hydrogen) atoms. The molecule has 106 valence electrons. The molecule has 0 amide bonds. The fraction of sp³-hybridized carbons (Fsp3) is 0.182. The number of carboxylic acids is 1. The molecule has 0 fully saturated rings. The first-order valence-electron chi connectivity index (χ1n) is 5.50. The highest BCUT2D eigenvalue weighted by atomic mass is 32.2. The molecule has 8 nitrogen and oxygen atoms in total. The fourth-order valence-electron chi connectivity index (χ4n) is 1.47. The van der Waals surface area contributed by atoms with Gasteiger partial charge in [0.2, 0.25) is 5.89 Å². The average Bonchev–Trinajstić information content (AvgIpc) is 2.74. The third kappa shape index (κ3) is 3.32. The van der Waals surface area contributed by atoms with Crippen molar-refractivity contribution in [2.45, 2.75) is 18.2 Å². The predicted molar refractivity (Wildman–Crippen MR) is 67.6 cm³/mol. The SMILES string of the molecule is Cc1nnc(NS(=O)(=O)c2ccc(CC(=O)O)cc2)o1. The van der Waals surface area contributed by atoms with Crippen molar-refractivity contribution in [1.29, 1.82) is 0 Å². The van der Waals surface area contributed by atoms with Crippen LogP contribution in [0.5, 0.6) is 0 Å². The number of anilines is 1. The molecule has 0 aliphatic rings. The van der Waals surface area contributed by atoms with E-state index in [0.717, 1.165) is 0 Å². The van der Waals surface area contributed by atoms with Crippen LogP contribution >= 0.6 is 0 Å². The van der Waals surface area contributed by atoms with Crippen LogP contribution < -0.4 is 4.72 Å². The molecule has 1 aromatic heterocycles. The van der Waals surface area contributed by atoms with E-state index in [-0.39, 0.29) is 23.2 Å². The molecule has 2 aromatic rings. The number of benzene rings is 1. The maximum Gasteiger partial charge on any atom is 0.329 e. The van der Waals surface area contributed by atoms with Crippen LogP contribution in [0.25, 0.3) is 0 Å². The lowest BCUT2D eigenvalue weighted by atomic mass is 10.2. The number of sulfonamides is 1. The highest BCUT2D eigenvalue weighted by Gasteiger charge is 2.17. The van der Waals surface area contributed by atoms with Gasteiger partial charge in [-0.1, -0.05) is 17.2 Å². The zero-order chi connectivity index (χ0) is 14.8. The first kappa shape index (κ1) is 14.0. The topological polar surface area (TPSA) is 122 Å². The standard InChI is InChI=1S/C11H11N3O5S/c1-7-12-13-11(19-7)14-20(17,18)9-4-2-8(3-5-9)6-10(15)16/h2-5H,6H2,1H3,(H,13,14)(H,15,16). The number of carboxylic acid groups (broad SMARTS) is 1. The van der Waals surface area contributed by atoms with Gasteiger partial charge in [-0.05, 0) is 17.7 Å². The summed E-state index contributed by atoms with van der Waals surface area (Å²) in [6.45, 7) is 1.53. The smallest absolute Gasteiger partial charge is 0.329 e. The molecule has 0 spiro atoms. The van der Waals surface area contributed by atoms with Gasteiger partial charge in [-0.3, -0.25) is 4.79 Å². The minimum Gasteiger partial charge on any atom is -0.481 e. The Morgan fingerprint density at radius 3 is 2.45 bits per heavy atom. The number of nitrogens with zero attached hydrogens (tertiary/aromatic N) is 2. The minimum atomic E-state index is -3.84. The van der Waals surface area contributed by atoms with E-state index < -0.39 is 16.0 Å². The number of nitrogens with one attached hydrogen (secondary N) is 1. The summed E-state index contributed by atoms with van der Waals surface area (Å²) in [5, 5.41) is 15.7. The highest BCUT2D eigenvalue weighted by Crippen LogP contribution is 2.15. The van der Waals surface area contributed by atoms with Gasteiger partial charge in [0, 0.05) is 6.92 Å². The van der Waals surface area contributed by atoms with Gasteiger partial charge in [0.1, 0.15) is 0 Å². The van der Waals surface area contributed by atoms with Crippen LogP contribution in [0.2, 0.25) is 0 Å². The normalized spacial score (nSPS) is 11.2. The molecule has 1 aromatic carbocycles. The van der Waals surface area contributed by atoms with Gasteiger partial charge in [0.05, 0.1) is 11.3 Å². The van der Waals surface area contributed by atoms with Crippen molar-refractivity contribution >= 4 is 22.0 Å². The molecular weight excluding hydrogens is 286 g/mol. The molecule has 0 atom stereocenters. The molecule has 2 N–H and O–H groups in total. The van der Waals surface area contributed by atoms with Crippen LogP contribution in [0.3, 0.4) is 0 Å². The van der Waals surface area contributed by atoms with E-state index in [1.807, 2.05) is 0 Å². The quantitative estimate of drug-likeness (QED) is 0.837. The Bertz CT molecular complexity index is 721. The van der Waals surface area contributed by atoms with Gasteiger partial charge in [-0.25, -0.2) is 13.1 Å². The Morgan fingerprint density at radius 1 is 1.30 bits per heavy atom. The van der Waals surface area contributed by atoms with Gasteiger partial charge < -0.3 is 9.52 Å². The number of hydrogen-bond acceptors (Lipinski definition) is 6. The summed E-state index contributed by atoms with van der Waals surface area (Å²) in [6, 6.07) is 5.26. The summed E-state index contributed by atoms with van der Waals surface area (Å²) in [6.07, 6.45) is -0.170. The van der Waals surface area contributed by atoms with Crippen molar-refractivity contribution in [3.8, 4) is 0 Å². The summed E-state index contributed by atoms with van der Waals surface area (Å²) >= 11 is 0. The van der Waals surface area contributed by atoms with E-state index in [1.54, 1.807) is 0 Å². The molecule has 2 rings (SSSR count). The Hall–Kier alpha value is -2.42. The molecule has 1 heterocycles. The lowest BCUT2D eigenvalue weighted by Crippen LogP contribution is -2.13. The Morgan fingerprint density at radius 2 is 1.95 bits per heavy atom. The molecule has 0 aliphatic carbocycles. The number of aliphatic carboxylic acids is 1. The van der Waals surface area contributed by atoms with Crippen LogP contribution in [-0.2, 0) is 21.2 Å². The largest absolute Gasteiger partial charge is 0.481 e. The van der Waals surface area contributed by atoms with E-state index >= 15 is 0 Å². The van der Waals surface area contributed by atoms with Crippen molar-refractivity contribution in [2.24, 2.45) is 0 Å². The number of carbonyl (C=O) groups is 1. The molecule has 0 aliphatic heterocycles. The maximum atomic E-state index is 12.0. The van der Waals surface area contributed by atoms with Crippen LogP contribution in [0.4, 0.5) is 6.01 Å². The zero-order valence-electron chi connectivity index (χ0n) is 10.4. The molecule has 0 bridgehead atoms. The number of rotatable bonds is 5. The molecule has 9 heteroatoms. The molecule has 0 saturated heterocycles. The average molecular weight is 297 g/mol. The van der Waals surface area contributed by atoms with E-state index in [4.69, 9.17) is 9.52 Å². The molecular formula is C11H11N3O5S. The number of aromatic nitrogens is 2. The van der Waals surface area contributed by atoms with E-state index in [1.165, 1.54) is 31.2 Å². The van der Waals surface area contributed by atoms with Crippen molar-refractivity contribution in [3.05, 3.63) is 35.7 Å².